The van der Waals surface area contributed by atoms with Crippen LogP contribution in [-0.4, -0.2) is 33.5 Å². The maximum Gasteiger partial charge on any atom is 0.0652 e. The average Bonchev–Trinajstić information content (AvgIpc) is 2.14. The van der Waals surface area contributed by atoms with Gasteiger partial charge in [-0.15, -0.1) is 0 Å². The highest BCUT2D eigenvalue weighted by molar-refractivity contribution is 7.56. The highest BCUT2D eigenvalue weighted by atomic mass is 31.1. The summed E-state index contributed by atoms with van der Waals surface area (Å²) in [5, 5.41) is 0. The summed E-state index contributed by atoms with van der Waals surface area (Å²) < 4.78 is 5.28. The molecule has 16 heavy (non-hydrogen) atoms. The summed E-state index contributed by atoms with van der Waals surface area (Å²) in [5.74, 6) is 2.17. The molecular weight excluding hydrogens is 215 g/mol. The van der Waals surface area contributed by atoms with Crippen molar-refractivity contribution in [2.75, 3.05) is 0 Å². The van der Waals surface area contributed by atoms with Gasteiger partial charge in [0.2, 0.25) is 0 Å². The molecule has 0 aromatic carbocycles. The van der Waals surface area contributed by atoms with Crippen LogP contribution in [0, 0.1) is 0 Å². The Morgan fingerprint density at radius 1 is 1.06 bits per heavy atom. The molecule has 0 aliphatic carbocycles. The molecule has 94 valence electrons. The maximum atomic E-state index is 4.06. The van der Waals surface area contributed by atoms with Crippen molar-refractivity contribution in [2.45, 2.75) is 72.1 Å². The van der Waals surface area contributed by atoms with Crippen molar-refractivity contribution in [2.24, 2.45) is 0 Å². The first kappa shape index (κ1) is 14.2. The van der Waals surface area contributed by atoms with E-state index in [2.05, 4.69) is 63.3 Å². The summed E-state index contributed by atoms with van der Waals surface area (Å²) in [4.78, 5) is 0. The summed E-state index contributed by atoms with van der Waals surface area (Å²) in [5.41, 5.74) is 0. The summed E-state index contributed by atoms with van der Waals surface area (Å²) in [6.07, 6.45) is 1.27. The molecule has 1 aliphatic heterocycles. The first-order chi connectivity index (χ1) is 7.40. The second-order valence-corrected chi connectivity index (χ2v) is 7.31. The van der Waals surface area contributed by atoms with Crippen LogP contribution >= 0.6 is 8.22 Å². The SMILES string of the molecule is C=CP1N(C(C)C)C(C)CC(C)N1C(C)C. The van der Waals surface area contributed by atoms with E-state index in [0.29, 0.717) is 24.2 Å². The normalized spacial score (nSPS) is 33.6. The number of nitrogens with zero attached hydrogens (tertiary/aromatic N) is 2. The quantitative estimate of drug-likeness (QED) is 0.689. The molecular formula is C13H27N2P. The molecule has 3 heteroatoms. The van der Waals surface area contributed by atoms with E-state index in [1.807, 2.05) is 0 Å². The fourth-order valence-corrected chi connectivity index (χ4v) is 5.47. The standard InChI is InChI=1S/C13H27N2P/c1-8-16-14(10(2)3)12(6)9-13(7)15(16)11(4)5/h8,10-13H,1,9H2,2-7H3. The predicted octanol–water partition coefficient (Wildman–Crippen LogP) is 4.04. The van der Waals surface area contributed by atoms with Crippen LogP contribution in [0.1, 0.15) is 48.0 Å². The van der Waals surface area contributed by atoms with E-state index in [1.165, 1.54) is 6.42 Å². The topological polar surface area (TPSA) is 6.48 Å². The first-order valence-electron chi connectivity index (χ1n) is 6.38. The Kier molecular flexibility index (Phi) is 4.97. The minimum atomic E-state index is -0.323. The van der Waals surface area contributed by atoms with Gasteiger partial charge in [0.25, 0.3) is 0 Å². The van der Waals surface area contributed by atoms with Gasteiger partial charge in [-0.1, -0.05) is 6.58 Å². The van der Waals surface area contributed by atoms with Crippen LogP contribution in [0.4, 0.5) is 0 Å². The lowest BCUT2D eigenvalue weighted by molar-refractivity contribution is 0.166. The zero-order valence-electron chi connectivity index (χ0n) is 11.6. The molecule has 1 heterocycles. The van der Waals surface area contributed by atoms with Gasteiger partial charge in [-0.25, -0.2) is 0 Å². The summed E-state index contributed by atoms with van der Waals surface area (Å²) >= 11 is 0. The minimum Gasteiger partial charge on any atom is -0.261 e. The van der Waals surface area contributed by atoms with Gasteiger partial charge in [0.1, 0.15) is 0 Å². The summed E-state index contributed by atoms with van der Waals surface area (Å²) in [7, 11) is -0.323. The molecule has 0 radical (unpaired) electrons. The molecule has 0 amide bonds. The van der Waals surface area contributed by atoms with Crippen molar-refractivity contribution in [1.29, 1.82) is 0 Å². The largest absolute Gasteiger partial charge is 0.261 e. The number of rotatable bonds is 3. The van der Waals surface area contributed by atoms with Gasteiger partial charge in [0.05, 0.1) is 8.22 Å². The third-order valence-corrected chi connectivity index (χ3v) is 6.27. The Morgan fingerprint density at radius 2 is 1.44 bits per heavy atom. The van der Waals surface area contributed by atoms with E-state index < -0.39 is 0 Å². The molecule has 0 aromatic rings. The van der Waals surface area contributed by atoms with Crippen molar-refractivity contribution in [3.05, 3.63) is 12.4 Å². The molecule has 1 fully saturated rings. The molecule has 2 nitrogen and oxygen atoms in total. The van der Waals surface area contributed by atoms with Gasteiger partial charge in [-0.2, -0.15) is 0 Å². The van der Waals surface area contributed by atoms with Crippen molar-refractivity contribution in [1.82, 2.24) is 9.34 Å². The van der Waals surface area contributed by atoms with Crippen molar-refractivity contribution < 1.29 is 0 Å². The molecule has 1 saturated heterocycles. The molecule has 0 spiro atoms. The van der Waals surface area contributed by atoms with E-state index in [-0.39, 0.29) is 8.22 Å². The van der Waals surface area contributed by atoms with Crippen LogP contribution < -0.4 is 0 Å². The van der Waals surface area contributed by atoms with Crippen LogP contribution in [0.2, 0.25) is 0 Å². The van der Waals surface area contributed by atoms with Crippen molar-refractivity contribution in [3.8, 4) is 0 Å². The molecule has 0 aromatic heterocycles. The smallest absolute Gasteiger partial charge is 0.0652 e. The first-order valence-corrected chi connectivity index (χ1v) is 7.70. The lowest BCUT2D eigenvalue weighted by Crippen LogP contribution is -2.50. The zero-order valence-corrected chi connectivity index (χ0v) is 12.5. The van der Waals surface area contributed by atoms with Crippen LogP contribution in [0.25, 0.3) is 0 Å². The average molecular weight is 242 g/mol. The van der Waals surface area contributed by atoms with E-state index in [0.717, 1.165) is 0 Å². The summed E-state index contributed by atoms with van der Waals surface area (Å²) in [6.45, 7) is 18.0. The number of hydrogen-bond acceptors (Lipinski definition) is 2. The fourth-order valence-electron chi connectivity index (χ4n) is 2.91. The molecule has 1 aliphatic rings. The van der Waals surface area contributed by atoms with Gasteiger partial charge < -0.3 is 0 Å². The highest BCUT2D eigenvalue weighted by Gasteiger charge is 2.38. The molecule has 0 saturated carbocycles. The molecule has 0 bridgehead atoms. The third-order valence-electron chi connectivity index (χ3n) is 3.28. The molecule has 0 N–H and O–H groups in total. The fraction of sp³-hybridized carbons (Fsp3) is 0.846. The number of hydrogen-bond donors (Lipinski definition) is 0. The minimum absolute atomic E-state index is 0.323. The van der Waals surface area contributed by atoms with E-state index in [9.17, 15) is 0 Å². The highest BCUT2D eigenvalue weighted by Crippen LogP contribution is 2.54. The Bertz CT molecular complexity index is 220. The predicted molar refractivity (Wildman–Crippen MR) is 74.6 cm³/mol. The Hall–Kier alpha value is 0.0900. The Balaban J connectivity index is 2.97. The van der Waals surface area contributed by atoms with Gasteiger partial charge in [-0.3, -0.25) is 9.34 Å². The molecule has 2 unspecified atom stereocenters. The second kappa shape index (κ2) is 5.62. The Morgan fingerprint density at radius 3 is 1.69 bits per heavy atom. The lowest BCUT2D eigenvalue weighted by Gasteiger charge is -2.52. The molecule has 1 rings (SSSR count). The van der Waals surface area contributed by atoms with Gasteiger partial charge in [0.15, 0.2) is 0 Å². The van der Waals surface area contributed by atoms with Crippen molar-refractivity contribution in [3.63, 3.8) is 0 Å². The monoisotopic (exact) mass is 242 g/mol. The van der Waals surface area contributed by atoms with E-state index in [1.54, 1.807) is 0 Å². The van der Waals surface area contributed by atoms with Gasteiger partial charge >= 0.3 is 0 Å². The third kappa shape index (κ3) is 2.67. The van der Waals surface area contributed by atoms with E-state index in [4.69, 9.17) is 0 Å². The lowest BCUT2D eigenvalue weighted by atomic mass is 10.1. The van der Waals surface area contributed by atoms with Crippen molar-refractivity contribution >= 4 is 8.22 Å². The van der Waals surface area contributed by atoms with Crippen LogP contribution in [0.3, 0.4) is 0 Å². The van der Waals surface area contributed by atoms with Crippen LogP contribution in [0.15, 0.2) is 12.4 Å². The Labute approximate surface area is 103 Å². The summed E-state index contributed by atoms with van der Waals surface area (Å²) in [6, 6.07) is 2.56. The van der Waals surface area contributed by atoms with Gasteiger partial charge in [-0.05, 0) is 53.8 Å². The van der Waals surface area contributed by atoms with E-state index >= 15 is 0 Å². The second-order valence-electron chi connectivity index (χ2n) is 5.38. The van der Waals surface area contributed by atoms with Crippen LogP contribution in [0.5, 0.6) is 0 Å². The zero-order chi connectivity index (χ0) is 12.5. The van der Waals surface area contributed by atoms with Gasteiger partial charge in [0, 0.05) is 24.2 Å². The molecule has 2 atom stereocenters. The maximum absolute atomic E-state index is 4.06. The van der Waals surface area contributed by atoms with Crippen LogP contribution in [-0.2, 0) is 0 Å².